The summed E-state index contributed by atoms with van der Waals surface area (Å²) in [6.45, 7) is 1.88. The Balaban J connectivity index is 2.37. The Kier molecular flexibility index (Phi) is 3.31. The van der Waals surface area contributed by atoms with Gasteiger partial charge in [0.2, 0.25) is 10.0 Å². The quantitative estimate of drug-likeness (QED) is 0.818. The molecule has 4 nitrogen and oxygen atoms in total. The van der Waals surface area contributed by atoms with Gasteiger partial charge in [-0.3, -0.25) is 4.79 Å². The van der Waals surface area contributed by atoms with Crippen molar-refractivity contribution in [3.05, 3.63) is 30.3 Å². The highest BCUT2D eigenvalue weighted by Gasteiger charge is 2.37. The van der Waals surface area contributed by atoms with Crippen LogP contribution in [0.4, 0.5) is 0 Å². The minimum atomic E-state index is -3.52. The number of ketones is 1. The lowest BCUT2D eigenvalue weighted by molar-refractivity contribution is -0.119. The molecule has 0 N–H and O–H groups in total. The van der Waals surface area contributed by atoms with Gasteiger partial charge in [-0.25, -0.2) is 8.42 Å². The average molecular weight is 253 g/mol. The molecule has 5 heteroatoms. The van der Waals surface area contributed by atoms with Gasteiger partial charge in [0.15, 0.2) is 0 Å². The number of benzene rings is 1. The maximum atomic E-state index is 12.3. The summed E-state index contributed by atoms with van der Waals surface area (Å²) in [6.07, 6.45) is 1.37. The van der Waals surface area contributed by atoms with E-state index in [4.69, 9.17) is 0 Å². The molecule has 0 saturated carbocycles. The van der Waals surface area contributed by atoms with Gasteiger partial charge in [-0.2, -0.15) is 4.31 Å². The third-order valence-electron chi connectivity index (χ3n) is 3.02. The Morgan fingerprint density at radius 1 is 1.29 bits per heavy atom. The van der Waals surface area contributed by atoms with Crippen molar-refractivity contribution >= 4 is 15.8 Å². The lowest BCUT2D eigenvalue weighted by Gasteiger charge is -2.21. The van der Waals surface area contributed by atoms with E-state index in [2.05, 4.69) is 0 Å². The summed E-state index contributed by atoms with van der Waals surface area (Å²) >= 11 is 0. The summed E-state index contributed by atoms with van der Waals surface area (Å²) in [5, 5.41) is 0. The molecule has 1 aromatic rings. The van der Waals surface area contributed by atoms with E-state index >= 15 is 0 Å². The van der Waals surface area contributed by atoms with Gasteiger partial charge in [-0.15, -0.1) is 0 Å². The average Bonchev–Trinajstić information content (AvgIpc) is 2.80. The van der Waals surface area contributed by atoms with E-state index in [9.17, 15) is 13.2 Å². The standard InChI is InChI=1S/C12H15NO3S/c1-10(14)12-8-5-9-13(12)17(15,16)11-6-3-2-4-7-11/h2-4,6-7,12H,5,8-9H2,1H3. The highest BCUT2D eigenvalue weighted by atomic mass is 32.2. The smallest absolute Gasteiger partial charge is 0.243 e. The lowest BCUT2D eigenvalue weighted by Crippen LogP contribution is -2.39. The molecule has 0 radical (unpaired) electrons. The van der Waals surface area contributed by atoms with Gasteiger partial charge >= 0.3 is 0 Å². The number of carbonyl (C=O) groups excluding carboxylic acids is 1. The van der Waals surface area contributed by atoms with E-state index in [1.807, 2.05) is 0 Å². The lowest BCUT2D eigenvalue weighted by atomic mass is 10.2. The predicted octanol–water partition coefficient (Wildman–Crippen LogP) is 1.43. The summed E-state index contributed by atoms with van der Waals surface area (Å²) in [5.41, 5.74) is 0. The predicted molar refractivity (Wildman–Crippen MR) is 64.0 cm³/mol. The third-order valence-corrected chi connectivity index (χ3v) is 4.95. The number of Topliss-reactive ketones (excluding diaryl/α,β-unsaturated/α-hetero) is 1. The molecule has 1 heterocycles. The molecular weight excluding hydrogens is 238 g/mol. The molecule has 2 rings (SSSR count). The van der Waals surface area contributed by atoms with Gasteiger partial charge in [0.05, 0.1) is 10.9 Å². The van der Waals surface area contributed by atoms with Crippen LogP contribution in [0.1, 0.15) is 19.8 Å². The van der Waals surface area contributed by atoms with Crippen LogP contribution >= 0.6 is 0 Å². The highest BCUT2D eigenvalue weighted by molar-refractivity contribution is 7.89. The second-order valence-corrected chi connectivity index (χ2v) is 6.09. The van der Waals surface area contributed by atoms with Crippen molar-refractivity contribution in [3.63, 3.8) is 0 Å². The van der Waals surface area contributed by atoms with Gasteiger partial charge in [-0.1, -0.05) is 18.2 Å². The van der Waals surface area contributed by atoms with Crippen molar-refractivity contribution in [3.8, 4) is 0 Å². The summed E-state index contributed by atoms with van der Waals surface area (Å²) in [5.74, 6) is -0.0815. The molecule has 1 saturated heterocycles. The van der Waals surface area contributed by atoms with Gasteiger partial charge in [0, 0.05) is 6.54 Å². The Labute approximate surface area is 101 Å². The van der Waals surface area contributed by atoms with Crippen molar-refractivity contribution < 1.29 is 13.2 Å². The summed E-state index contributed by atoms with van der Waals surface area (Å²) < 4.78 is 26.0. The van der Waals surface area contributed by atoms with Crippen molar-refractivity contribution in [2.45, 2.75) is 30.7 Å². The Hall–Kier alpha value is -1.20. The first-order chi connectivity index (χ1) is 8.03. The Morgan fingerprint density at radius 2 is 1.94 bits per heavy atom. The Bertz CT molecular complexity index is 510. The molecule has 0 bridgehead atoms. The van der Waals surface area contributed by atoms with Crippen LogP contribution in [0, 0.1) is 0 Å². The van der Waals surface area contributed by atoms with Crippen molar-refractivity contribution in [1.82, 2.24) is 4.31 Å². The molecule has 17 heavy (non-hydrogen) atoms. The van der Waals surface area contributed by atoms with Crippen molar-refractivity contribution in [2.75, 3.05) is 6.54 Å². The fourth-order valence-electron chi connectivity index (χ4n) is 2.16. The minimum absolute atomic E-state index is 0.0815. The molecule has 1 unspecified atom stereocenters. The van der Waals surface area contributed by atoms with Crippen LogP contribution < -0.4 is 0 Å². The first-order valence-electron chi connectivity index (χ1n) is 5.61. The van der Waals surface area contributed by atoms with Crippen LogP contribution in [0.2, 0.25) is 0 Å². The van der Waals surface area contributed by atoms with Crippen molar-refractivity contribution in [1.29, 1.82) is 0 Å². The van der Waals surface area contributed by atoms with Crippen molar-refractivity contribution in [2.24, 2.45) is 0 Å². The van der Waals surface area contributed by atoms with E-state index in [1.165, 1.54) is 11.2 Å². The van der Waals surface area contributed by atoms with Crippen LogP contribution in [0.25, 0.3) is 0 Å². The molecule has 1 aromatic carbocycles. The Morgan fingerprint density at radius 3 is 2.53 bits per heavy atom. The molecule has 0 aromatic heterocycles. The second kappa shape index (κ2) is 4.58. The number of nitrogens with zero attached hydrogens (tertiary/aromatic N) is 1. The van der Waals surface area contributed by atoms with Crippen LogP contribution in [0.3, 0.4) is 0 Å². The normalized spacial score (nSPS) is 21.6. The number of hydrogen-bond donors (Lipinski definition) is 0. The largest absolute Gasteiger partial charge is 0.298 e. The second-order valence-electron chi connectivity index (χ2n) is 4.20. The van der Waals surface area contributed by atoms with E-state index in [1.54, 1.807) is 30.3 Å². The van der Waals surface area contributed by atoms with Gasteiger partial charge in [-0.05, 0) is 31.9 Å². The first-order valence-corrected chi connectivity index (χ1v) is 7.05. The molecule has 0 spiro atoms. The molecule has 0 amide bonds. The summed E-state index contributed by atoms with van der Waals surface area (Å²) in [4.78, 5) is 11.7. The molecule has 1 atom stereocenters. The van der Waals surface area contributed by atoms with E-state index in [0.29, 0.717) is 13.0 Å². The summed E-state index contributed by atoms with van der Waals surface area (Å²) in [6, 6.07) is 7.78. The summed E-state index contributed by atoms with van der Waals surface area (Å²) in [7, 11) is -3.52. The number of rotatable bonds is 3. The molecule has 0 aliphatic carbocycles. The van der Waals surface area contributed by atoms with Gasteiger partial charge in [0.1, 0.15) is 5.78 Å². The maximum absolute atomic E-state index is 12.3. The maximum Gasteiger partial charge on any atom is 0.243 e. The molecule has 92 valence electrons. The molecule has 1 aliphatic heterocycles. The van der Waals surface area contributed by atoms with E-state index < -0.39 is 16.1 Å². The molecular formula is C12H15NO3S. The van der Waals surface area contributed by atoms with Gasteiger partial charge < -0.3 is 0 Å². The van der Waals surface area contributed by atoms with Crippen LogP contribution in [-0.2, 0) is 14.8 Å². The molecule has 1 fully saturated rings. The fraction of sp³-hybridized carbons (Fsp3) is 0.417. The topological polar surface area (TPSA) is 54.5 Å². The zero-order valence-electron chi connectivity index (χ0n) is 9.67. The zero-order chi connectivity index (χ0) is 12.5. The highest BCUT2D eigenvalue weighted by Crippen LogP contribution is 2.26. The van der Waals surface area contributed by atoms with E-state index in [0.717, 1.165) is 6.42 Å². The monoisotopic (exact) mass is 253 g/mol. The van der Waals surface area contributed by atoms with E-state index in [-0.39, 0.29) is 10.7 Å². The molecule has 1 aliphatic rings. The minimum Gasteiger partial charge on any atom is -0.298 e. The first kappa shape index (κ1) is 12.3. The SMILES string of the molecule is CC(=O)C1CCCN1S(=O)(=O)c1ccccc1. The number of carbonyl (C=O) groups is 1. The van der Waals surface area contributed by atoms with Crippen LogP contribution in [0.15, 0.2) is 35.2 Å². The zero-order valence-corrected chi connectivity index (χ0v) is 10.5. The fourth-order valence-corrected chi connectivity index (χ4v) is 3.89. The third kappa shape index (κ3) is 2.25. The number of sulfonamides is 1. The van der Waals surface area contributed by atoms with Crippen LogP contribution in [0.5, 0.6) is 0 Å². The van der Waals surface area contributed by atoms with Gasteiger partial charge in [0.25, 0.3) is 0 Å². The van der Waals surface area contributed by atoms with Crippen LogP contribution in [-0.4, -0.2) is 31.1 Å². The number of hydrogen-bond acceptors (Lipinski definition) is 3.